The molecule has 1 aromatic rings. The molecule has 0 radical (unpaired) electrons. The second-order valence-electron chi connectivity index (χ2n) is 4.14. The first-order valence-corrected chi connectivity index (χ1v) is 5.64. The van der Waals surface area contributed by atoms with Gasteiger partial charge in [-0.2, -0.15) is 30.7 Å². The standard InChI is InChI=1S/C12H10F7NO/c13-10(14,11(15,16)12(17,18)19)9(21)20-7-6-8-4-2-1-3-5-8/h1-5H,6-7H2,(H,20,21). The predicted molar refractivity (Wildman–Crippen MR) is 59.1 cm³/mol. The van der Waals surface area contributed by atoms with Crippen LogP contribution >= 0.6 is 0 Å². The topological polar surface area (TPSA) is 29.1 Å². The van der Waals surface area contributed by atoms with Crippen molar-refractivity contribution >= 4 is 5.91 Å². The highest BCUT2D eigenvalue weighted by molar-refractivity contribution is 5.84. The molecule has 0 aliphatic heterocycles. The van der Waals surface area contributed by atoms with Crippen LogP contribution in [0.25, 0.3) is 0 Å². The first-order valence-electron chi connectivity index (χ1n) is 5.64. The van der Waals surface area contributed by atoms with E-state index in [9.17, 15) is 35.5 Å². The summed E-state index contributed by atoms with van der Waals surface area (Å²) in [6.45, 7) is -0.494. The van der Waals surface area contributed by atoms with Crippen LogP contribution < -0.4 is 5.32 Å². The summed E-state index contributed by atoms with van der Waals surface area (Å²) in [6, 6.07) is 8.05. The van der Waals surface area contributed by atoms with E-state index in [2.05, 4.69) is 0 Å². The Kier molecular flexibility index (Phi) is 4.85. The fraction of sp³-hybridized carbons (Fsp3) is 0.417. The summed E-state index contributed by atoms with van der Waals surface area (Å²) in [5.41, 5.74) is 0.601. The average Bonchev–Trinajstić information content (AvgIpc) is 2.38. The van der Waals surface area contributed by atoms with Gasteiger partial charge in [0.1, 0.15) is 0 Å². The van der Waals surface area contributed by atoms with Gasteiger partial charge in [-0.15, -0.1) is 0 Å². The second-order valence-corrected chi connectivity index (χ2v) is 4.14. The molecule has 0 aliphatic carbocycles. The van der Waals surface area contributed by atoms with Crippen LogP contribution in [0.2, 0.25) is 0 Å². The van der Waals surface area contributed by atoms with Crippen molar-refractivity contribution < 1.29 is 35.5 Å². The Balaban J connectivity index is 2.66. The van der Waals surface area contributed by atoms with E-state index in [4.69, 9.17) is 0 Å². The molecule has 0 saturated heterocycles. The molecule has 0 bridgehead atoms. The van der Waals surface area contributed by atoms with E-state index in [0.717, 1.165) is 0 Å². The number of amides is 1. The number of benzene rings is 1. The van der Waals surface area contributed by atoms with Crippen LogP contribution in [-0.4, -0.2) is 30.5 Å². The molecule has 1 amide bonds. The lowest BCUT2D eigenvalue weighted by atomic mass is 10.1. The Hall–Kier alpha value is -1.80. The smallest absolute Gasteiger partial charge is 0.350 e. The summed E-state index contributed by atoms with van der Waals surface area (Å²) in [7, 11) is 0. The molecule has 0 saturated carbocycles. The van der Waals surface area contributed by atoms with E-state index in [0.29, 0.717) is 5.56 Å². The summed E-state index contributed by atoms with van der Waals surface area (Å²) >= 11 is 0. The van der Waals surface area contributed by atoms with Gasteiger partial charge in [0.15, 0.2) is 0 Å². The van der Waals surface area contributed by atoms with E-state index in [1.807, 2.05) is 0 Å². The van der Waals surface area contributed by atoms with Gasteiger partial charge in [0.25, 0.3) is 5.91 Å². The molecule has 1 rings (SSSR count). The lowest BCUT2D eigenvalue weighted by Gasteiger charge is -2.27. The number of alkyl halides is 7. The van der Waals surface area contributed by atoms with Crippen LogP contribution in [0, 0.1) is 0 Å². The van der Waals surface area contributed by atoms with Crippen molar-refractivity contribution in [2.75, 3.05) is 6.54 Å². The monoisotopic (exact) mass is 317 g/mol. The van der Waals surface area contributed by atoms with E-state index in [1.165, 1.54) is 5.32 Å². The van der Waals surface area contributed by atoms with Gasteiger partial charge in [0.05, 0.1) is 0 Å². The zero-order valence-electron chi connectivity index (χ0n) is 10.4. The number of carbonyl (C=O) groups is 1. The maximum atomic E-state index is 12.9. The van der Waals surface area contributed by atoms with E-state index in [-0.39, 0.29) is 6.42 Å². The van der Waals surface area contributed by atoms with Crippen molar-refractivity contribution in [1.29, 1.82) is 0 Å². The number of nitrogens with one attached hydrogen (secondary N) is 1. The molecule has 21 heavy (non-hydrogen) atoms. The molecule has 9 heteroatoms. The van der Waals surface area contributed by atoms with Crippen LogP contribution in [0.1, 0.15) is 5.56 Å². The van der Waals surface area contributed by atoms with Crippen LogP contribution in [0.5, 0.6) is 0 Å². The zero-order valence-corrected chi connectivity index (χ0v) is 10.4. The van der Waals surface area contributed by atoms with Crippen molar-refractivity contribution in [2.24, 2.45) is 0 Å². The molecule has 1 N–H and O–H groups in total. The van der Waals surface area contributed by atoms with Crippen molar-refractivity contribution in [3.05, 3.63) is 35.9 Å². The maximum Gasteiger partial charge on any atom is 0.460 e. The Bertz CT molecular complexity index is 484. The largest absolute Gasteiger partial charge is 0.460 e. The normalized spacial score (nSPS) is 13.1. The van der Waals surface area contributed by atoms with E-state index in [1.54, 1.807) is 30.3 Å². The Morgan fingerprint density at radius 3 is 1.95 bits per heavy atom. The van der Waals surface area contributed by atoms with Crippen LogP contribution in [0.15, 0.2) is 30.3 Å². The number of hydrogen-bond acceptors (Lipinski definition) is 1. The molecule has 0 fully saturated rings. The van der Waals surface area contributed by atoms with Gasteiger partial charge < -0.3 is 5.32 Å². The molecule has 0 atom stereocenters. The lowest BCUT2D eigenvalue weighted by molar-refractivity contribution is -0.344. The Morgan fingerprint density at radius 2 is 1.48 bits per heavy atom. The number of halogens is 7. The third-order valence-electron chi connectivity index (χ3n) is 2.58. The van der Waals surface area contributed by atoms with Gasteiger partial charge in [-0.1, -0.05) is 30.3 Å². The summed E-state index contributed by atoms with van der Waals surface area (Å²) < 4.78 is 86.6. The molecule has 0 heterocycles. The van der Waals surface area contributed by atoms with E-state index < -0.39 is 30.5 Å². The third-order valence-corrected chi connectivity index (χ3v) is 2.58. The highest BCUT2D eigenvalue weighted by Gasteiger charge is 2.76. The second kappa shape index (κ2) is 5.90. The molecule has 0 aliphatic rings. The Labute approximate surface area is 114 Å². The first kappa shape index (κ1) is 17.3. The Morgan fingerprint density at radius 1 is 0.952 bits per heavy atom. The van der Waals surface area contributed by atoms with Gasteiger partial charge in [0.2, 0.25) is 0 Å². The maximum absolute atomic E-state index is 12.9. The predicted octanol–water partition coefficient (Wildman–Crippen LogP) is 3.18. The van der Waals surface area contributed by atoms with Crippen molar-refractivity contribution in [2.45, 2.75) is 24.4 Å². The third kappa shape index (κ3) is 3.64. The summed E-state index contributed by atoms with van der Waals surface area (Å²) in [6.07, 6.45) is -6.51. The minimum atomic E-state index is -6.52. The number of rotatable bonds is 5. The minimum absolute atomic E-state index is 0.0141. The molecule has 0 spiro atoms. The summed E-state index contributed by atoms with van der Waals surface area (Å²) in [5.74, 6) is -15.0. The molecular formula is C12H10F7NO. The number of carbonyl (C=O) groups excluding carboxylic acids is 1. The van der Waals surface area contributed by atoms with Crippen molar-refractivity contribution in [3.8, 4) is 0 Å². The van der Waals surface area contributed by atoms with Crippen molar-refractivity contribution in [3.63, 3.8) is 0 Å². The van der Waals surface area contributed by atoms with Gasteiger partial charge >= 0.3 is 18.0 Å². The van der Waals surface area contributed by atoms with E-state index >= 15 is 0 Å². The van der Waals surface area contributed by atoms with Crippen LogP contribution in [0.3, 0.4) is 0 Å². The van der Waals surface area contributed by atoms with Gasteiger partial charge in [-0.25, -0.2) is 0 Å². The lowest BCUT2D eigenvalue weighted by Crippen LogP contribution is -2.59. The summed E-state index contributed by atoms with van der Waals surface area (Å²) in [4.78, 5) is 10.9. The first-order chi connectivity index (χ1) is 9.50. The molecular weight excluding hydrogens is 307 g/mol. The highest BCUT2D eigenvalue weighted by Crippen LogP contribution is 2.46. The average molecular weight is 317 g/mol. The quantitative estimate of drug-likeness (QED) is 0.831. The fourth-order valence-electron chi connectivity index (χ4n) is 1.40. The zero-order chi connectivity index (χ0) is 16.3. The number of hydrogen-bond donors (Lipinski definition) is 1. The highest BCUT2D eigenvalue weighted by atomic mass is 19.4. The molecule has 0 aromatic heterocycles. The molecule has 118 valence electrons. The fourth-order valence-corrected chi connectivity index (χ4v) is 1.40. The van der Waals surface area contributed by atoms with Crippen LogP contribution in [-0.2, 0) is 11.2 Å². The molecule has 1 aromatic carbocycles. The van der Waals surface area contributed by atoms with Gasteiger partial charge in [0, 0.05) is 6.54 Å². The summed E-state index contributed by atoms with van der Waals surface area (Å²) in [5, 5.41) is 1.38. The van der Waals surface area contributed by atoms with Crippen LogP contribution in [0.4, 0.5) is 30.7 Å². The van der Waals surface area contributed by atoms with Gasteiger partial charge in [-0.3, -0.25) is 4.79 Å². The molecule has 2 nitrogen and oxygen atoms in total. The van der Waals surface area contributed by atoms with Crippen molar-refractivity contribution in [1.82, 2.24) is 5.32 Å². The van der Waals surface area contributed by atoms with Gasteiger partial charge in [-0.05, 0) is 12.0 Å². The minimum Gasteiger partial charge on any atom is -0.350 e. The molecule has 0 unspecified atom stereocenters. The SMILES string of the molecule is O=C(NCCc1ccccc1)C(F)(F)C(F)(F)C(F)(F)F.